The summed E-state index contributed by atoms with van der Waals surface area (Å²) in [6.45, 7) is 3.82. The molecule has 48 valence electrons. The molecule has 0 saturated carbocycles. The maximum absolute atomic E-state index is 10.3. The Balaban J connectivity index is 3.32. The van der Waals surface area contributed by atoms with E-state index in [0.717, 1.165) is 5.75 Å². The molecule has 0 bridgehead atoms. The predicted octanol–water partition coefficient (Wildman–Crippen LogP) is 0.613. The van der Waals surface area contributed by atoms with Crippen molar-refractivity contribution < 1.29 is 4.79 Å². The van der Waals surface area contributed by atoms with E-state index >= 15 is 0 Å². The zero-order valence-electron chi connectivity index (χ0n) is 5.18. The summed E-state index contributed by atoms with van der Waals surface area (Å²) < 4.78 is 0. The van der Waals surface area contributed by atoms with Crippen molar-refractivity contribution in [1.82, 2.24) is 0 Å². The van der Waals surface area contributed by atoms with Crippen molar-refractivity contribution in [2.75, 3.05) is 5.75 Å². The van der Waals surface area contributed by atoms with E-state index in [2.05, 4.69) is 0 Å². The molecular weight excluding hydrogens is 122 g/mol. The summed E-state index contributed by atoms with van der Waals surface area (Å²) in [6.07, 6.45) is 0. The van der Waals surface area contributed by atoms with Crippen LogP contribution in [0.15, 0.2) is 0 Å². The minimum absolute atomic E-state index is 0.0278. The Bertz CT molecular complexity index is 84.5. The van der Waals surface area contributed by atoms with E-state index in [0.29, 0.717) is 0 Å². The first kappa shape index (κ1) is 7.82. The predicted molar refractivity (Wildman–Crippen MR) is 36.8 cm³/mol. The molecule has 1 unspecified atom stereocenters. The standard InChI is InChI=1S/C5H11NOS/c1-3-8-4(2)5(6)7/h4H,3H2,1-2H3,(H2,6,7). The lowest BCUT2D eigenvalue weighted by Crippen LogP contribution is -2.22. The van der Waals surface area contributed by atoms with Crippen molar-refractivity contribution in [3.8, 4) is 0 Å². The monoisotopic (exact) mass is 133 g/mol. The number of hydrogen-bond acceptors (Lipinski definition) is 2. The highest BCUT2D eigenvalue weighted by Crippen LogP contribution is 2.07. The van der Waals surface area contributed by atoms with Gasteiger partial charge in [-0.15, -0.1) is 11.8 Å². The third kappa shape index (κ3) is 2.91. The van der Waals surface area contributed by atoms with Gasteiger partial charge < -0.3 is 5.73 Å². The van der Waals surface area contributed by atoms with Crippen molar-refractivity contribution >= 4 is 17.7 Å². The molecule has 0 aliphatic carbocycles. The van der Waals surface area contributed by atoms with Crippen molar-refractivity contribution in [3.05, 3.63) is 0 Å². The molecule has 0 aliphatic heterocycles. The SMILES string of the molecule is CCSC(C)C(N)=O. The first-order valence-corrected chi connectivity index (χ1v) is 3.64. The van der Waals surface area contributed by atoms with E-state index < -0.39 is 0 Å². The number of amides is 1. The summed E-state index contributed by atoms with van der Waals surface area (Å²) in [5, 5.41) is -0.0278. The van der Waals surface area contributed by atoms with Crippen molar-refractivity contribution in [2.45, 2.75) is 19.1 Å². The number of rotatable bonds is 3. The molecule has 0 rings (SSSR count). The fraction of sp³-hybridized carbons (Fsp3) is 0.800. The minimum atomic E-state index is -0.225. The summed E-state index contributed by atoms with van der Waals surface area (Å²) in [7, 11) is 0. The zero-order chi connectivity index (χ0) is 6.57. The van der Waals surface area contributed by atoms with Crippen LogP contribution in [0.4, 0.5) is 0 Å². The van der Waals surface area contributed by atoms with Gasteiger partial charge in [0.1, 0.15) is 0 Å². The number of nitrogens with two attached hydrogens (primary N) is 1. The van der Waals surface area contributed by atoms with Crippen LogP contribution in [0.1, 0.15) is 13.8 Å². The van der Waals surface area contributed by atoms with E-state index in [9.17, 15) is 4.79 Å². The summed E-state index contributed by atoms with van der Waals surface area (Å²) in [4.78, 5) is 10.3. The molecule has 1 atom stereocenters. The van der Waals surface area contributed by atoms with E-state index in [4.69, 9.17) is 5.73 Å². The summed E-state index contributed by atoms with van der Waals surface area (Å²) in [5.74, 6) is 0.723. The Morgan fingerprint density at radius 2 is 2.38 bits per heavy atom. The van der Waals surface area contributed by atoms with Crippen molar-refractivity contribution in [2.24, 2.45) is 5.73 Å². The Hall–Kier alpha value is -0.180. The van der Waals surface area contributed by atoms with Gasteiger partial charge in [-0.1, -0.05) is 6.92 Å². The van der Waals surface area contributed by atoms with Crippen LogP contribution < -0.4 is 5.73 Å². The Kier molecular flexibility index (Phi) is 3.69. The fourth-order valence-electron chi connectivity index (χ4n) is 0.332. The lowest BCUT2D eigenvalue weighted by Gasteiger charge is -2.01. The molecule has 8 heavy (non-hydrogen) atoms. The third-order valence-electron chi connectivity index (χ3n) is 0.817. The molecule has 0 spiro atoms. The highest BCUT2D eigenvalue weighted by atomic mass is 32.2. The number of carbonyl (C=O) groups is 1. The Morgan fingerprint density at radius 1 is 1.88 bits per heavy atom. The second-order valence-corrected chi connectivity index (χ2v) is 3.12. The van der Waals surface area contributed by atoms with Crippen LogP contribution in [0.2, 0.25) is 0 Å². The van der Waals surface area contributed by atoms with Crippen LogP contribution in [0.5, 0.6) is 0 Å². The number of thioether (sulfide) groups is 1. The van der Waals surface area contributed by atoms with Gasteiger partial charge in [0.15, 0.2) is 0 Å². The van der Waals surface area contributed by atoms with Crippen LogP contribution in [-0.4, -0.2) is 16.9 Å². The normalized spacial score (nSPS) is 13.2. The maximum atomic E-state index is 10.3. The highest BCUT2D eigenvalue weighted by Gasteiger charge is 2.05. The van der Waals surface area contributed by atoms with Crippen LogP contribution in [0, 0.1) is 0 Å². The first-order chi connectivity index (χ1) is 3.68. The lowest BCUT2D eigenvalue weighted by molar-refractivity contribution is -0.117. The second-order valence-electron chi connectivity index (χ2n) is 1.50. The lowest BCUT2D eigenvalue weighted by atomic mass is 10.5. The van der Waals surface area contributed by atoms with Gasteiger partial charge in [0.2, 0.25) is 5.91 Å². The number of primary amides is 1. The molecule has 3 heteroatoms. The molecule has 0 aromatic carbocycles. The van der Waals surface area contributed by atoms with Crippen LogP contribution >= 0.6 is 11.8 Å². The van der Waals surface area contributed by atoms with Gasteiger partial charge in [-0.05, 0) is 12.7 Å². The number of hydrogen-bond donors (Lipinski definition) is 1. The van der Waals surface area contributed by atoms with Gasteiger partial charge in [0, 0.05) is 0 Å². The molecular formula is C5H11NOS. The minimum Gasteiger partial charge on any atom is -0.369 e. The fourth-order valence-corrected chi connectivity index (χ4v) is 0.996. The average molecular weight is 133 g/mol. The zero-order valence-corrected chi connectivity index (χ0v) is 5.99. The number of carbonyl (C=O) groups excluding carboxylic acids is 1. The summed E-state index contributed by atoms with van der Waals surface area (Å²) in [5.41, 5.74) is 4.96. The highest BCUT2D eigenvalue weighted by molar-refractivity contribution is 8.00. The molecule has 0 aromatic heterocycles. The van der Waals surface area contributed by atoms with E-state index in [1.165, 1.54) is 0 Å². The Labute approximate surface area is 53.8 Å². The van der Waals surface area contributed by atoms with E-state index in [1.807, 2.05) is 13.8 Å². The Morgan fingerprint density at radius 3 is 2.50 bits per heavy atom. The molecule has 0 fully saturated rings. The molecule has 0 radical (unpaired) electrons. The van der Waals surface area contributed by atoms with Gasteiger partial charge >= 0.3 is 0 Å². The second kappa shape index (κ2) is 3.78. The van der Waals surface area contributed by atoms with Gasteiger partial charge in [0.05, 0.1) is 5.25 Å². The van der Waals surface area contributed by atoms with Crippen LogP contribution in [-0.2, 0) is 4.79 Å². The molecule has 2 N–H and O–H groups in total. The molecule has 0 heterocycles. The topological polar surface area (TPSA) is 43.1 Å². The molecule has 1 amide bonds. The first-order valence-electron chi connectivity index (χ1n) is 2.59. The van der Waals surface area contributed by atoms with E-state index in [-0.39, 0.29) is 11.2 Å². The molecule has 0 aromatic rings. The summed E-state index contributed by atoms with van der Waals surface area (Å²) >= 11 is 1.56. The molecule has 2 nitrogen and oxygen atoms in total. The quantitative estimate of drug-likeness (QED) is 0.613. The average Bonchev–Trinajstić information content (AvgIpc) is 1.67. The van der Waals surface area contributed by atoms with Crippen molar-refractivity contribution in [3.63, 3.8) is 0 Å². The van der Waals surface area contributed by atoms with Gasteiger partial charge in [-0.3, -0.25) is 4.79 Å². The van der Waals surface area contributed by atoms with Gasteiger partial charge in [0.25, 0.3) is 0 Å². The smallest absolute Gasteiger partial charge is 0.230 e. The van der Waals surface area contributed by atoms with Gasteiger partial charge in [-0.2, -0.15) is 0 Å². The molecule has 0 aliphatic rings. The van der Waals surface area contributed by atoms with Crippen LogP contribution in [0.25, 0.3) is 0 Å². The molecule has 0 saturated heterocycles. The van der Waals surface area contributed by atoms with E-state index in [1.54, 1.807) is 11.8 Å². The van der Waals surface area contributed by atoms with Crippen LogP contribution in [0.3, 0.4) is 0 Å². The summed E-state index contributed by atoms with van der Waals surface area (Å²) in [6, 6.07) is 0. The van der Waals surface area contributed by atoms with Crippen molar-refractivity contribution in [1.29, 1.82) is 0 Å². The van der Waals surface area contributed by atoms with Gasteiger partial charge in [-0.25, -0.2) is 0 Å². The third-order valence-corrected chi connectivity index (χ3v) is 1.88. The maximum Gasteiger partial charge on any atom is 0.230 e. The largest absolute Gasteiger partial charge is 0.369 e.